The molecule has 2 nitrogen and oxygen atoms in total. The lowest BCUT2D eigenvalue weighted by molar-refractivity contribution is 0.121. The van der Waals surface area contributed by atoms with E-state index in [-0.39, 0.29) is 0 Å². The van der Waals surface area contributed by atoms with Crippen LogP contribution in [0.2, 0.25) is 0 Å². The molecule has 0 radical (unpaired) electrons. The number of benzene rings is 1. The Labute approximate surface area is 112 Å². The van der Waals surface area contributed by atoms with Gasteiger partial charge in [-0.1, -0.05) is 44.5 Å². The van der Waals surface area contributed by atoms with Gasteiger partial charge in [-0.2, -0.15) is 0 Å². The topological polar surface area (TPSA) is 21.3 Å². The number of unbranched alkanes of at least 4 members (excludes halogenated alkanes) is 1. The molecule has 0 aromatic heterocycles. The molecule has 0 aliphatic carbocycles. The highest BCUT2D eigenvalue weighted by Gasteiger charge is 2.11. The Morgan fingerprint density at radius 3 is 2.61 bits per heavy atom. The van der Waals surface area contributed by atoms with Crippen LogP contribution in [0.1, 0.15) is 50.3 Å². The molecule has 0 saturated carbocycles. The normalized spacial score (nSPS) is 12.6. The molecule has 1 aromatic rings. The number of aryl methyl sites for hydroxylation is 1. The van der Waals surface area contributed by atoms with Crippen LogP contribution >= 0.6 is 0 Å². The van der Waals surface area contributed by atoms with Gasteiger partial charge in [-0.05, 0) is 37.4 Å². The predicted octanol–water partition coefficient (Wildman–Crippen LogP) is 3.85. The van der Waals surface area contributed by atoms with E-state index in [0.29, 0.717) is 6.04 Å². The predicted molar refractivity (Wildman–Crippen MR) is 77.9 cm³/mol. The lowest BCUT2D eigenvalue weighted by Crippen LogP contribution is -2.23. The molecule has 0 fully saturated rings. The smallest absolute Gasteiger partial charge is 0.0484 e. The molecule has 0 spiro atoms. The second-order valence-electron chi connectivity index (χ2n) is 4.72. The third-order valence-corrected chi connectivity index (χ3v) is 3.21. The fraction of sp³-hybridized carbons (Fsp3) is 0.625. The van der Waals surface area contributed by atoms with Crippen LogP contribution in [-0.2, 0) is 4.74 Å². The van der Waals surface area contributed by atoms with Gasteiger partial charge >= 0.3 is 0 Å². The zero-order valence-corrected chi connectivity index (χ0v) is 12.0. The van der Waals surface area contributed by atoms with Crippen molar-refractivity contribution in [2.24, 2.45) is 0 Å². The maximum absolute atomic E-state index is 5.67. The van der Waals surface area contributed by atoms with E-state index >= 15 is 0 Å². The number of hydrogen-bond acceptors (Lipinski definition) is 2. The van der Waals surface area contributed by atoms with Crippen LogP contribution < -0.4 is 5.32 Å². The van der Waals surface area contributed by atoms with Crippen LogP contribution in [0, 0.1) is 6.92 Å². The molecule has 1 atom stereocenters. The molecule has 18 heavy (non-hydrogen) atoms. The summed E-state index contributed by atoms with van der Waals surface area (Å²) in [4.78, 5) is 0. The summed E-state index contributed by atoms with van der Waals surface area (Å²) in [6.07, 6.45) is 3.41. The zero-order valence-electron chi connectivity index (χ0n) is 12.0. The summed E-state index contributed by atoms with van der Waals surface area (Å²) in [5.74, 6) is 0. The van der Waals surface area contributed by atoms with Crippen molar-refractivity contribution < 1.29 is 4.74 Å². The maximum atomic E-state index is 5.67. The largest absolute Gasteiger partial charge is 0.381 e. The molecule has 0 bridgehead atoms. The summed E-state index contributed by atoms with van der Waals surface area (Å²) in [5.41, 5.74) is 2.76. The van der Waals surface area contributed by atoms with E-state index in [1.807, 2.05) is 0 Å². The Morgan fingerprint density at radius 1 is 1.17 bits per heavy atom. The fourth-order valence-electron chi connectivity index (χ4n) is 2.14. The number of hydrogen-bond donors (Lipinski definition) is 1. The van der Waals surface area contributed by atoms with Crippen molar-refractivity contribution in [3.63, 3.8) is 0 Å². The van der Waals surface area contributed by atoms with Crippen molar-refractivity contribution in [2.75, 3.05) is 19.8 Å². The molecule has 102 valence electrons. The maximum Gasteiger partial charge on any atom is 0.0484 e. The van der Waals surface area contributed by atoms with Gasteiger partial charge in [0.25, 0.3) is 0 Å². The van der Waals surface area contributed by atoms with E-state index in [1.165, 1.54) is 17.5 Å². The molecule has 1 aromatic carbocycles. The van der Waals surface area contributed by atoms with E-state index in [4.69, 9.17) is 4.74 Å². The molecule has 0 aliphatic rings. The van der Waals surface area contributed by atoms with Crippen LogP contribution in [0.25, 0.3) is 0 Å². The Bertz CT molecular complexity index is 325. The molecule has 1 rings (SSSR count). The summed E-state index contributed by atoms with van der Waals surface area (Å²) in [7, 11) is 0. The first-order valence-corrected chi connectivity index (χ1v) is 7.16. The van der Waals surface area contributed by atoms with Gasteiger partial charge in [0.1, 0.15) is 0 Å². The average Bonchev–Trinajstić information content (AvgIpc) is 2.38. The molecular weight excluding hydrogens is 222 g/mol. The van der Waals surface area contributed by atoms with Gasteiger partial charge in [-0.3, -0.25) is 0 Å². The van der Waals surface area contributed by atoms with Crippen LogP contribution in [0.4, 0.5) is 0 Å². The third-order valence-electron chi connectivity index (χ3n) is 3.21. The summed E-state index contributed by atoms with van der Waals surface area (Å²) in [5, 5.41) is 3.55. The Balaban J connectivity index is 2.47. The second kappa shape index (κ2) is 9.12. The van der Waals surface area contributed by atoms with Gasteiger partial charge in [-0.15, -0.1) is 0 Å². The van der Waals surface area contributed by atoms with Gasteiger partial charge in [-0.25, -0.2) is 0 Å². The number of nitrogens with one attached hydrogen (secondary N) is 1. The van der Waals surface area contributed by atoms with Gasteiger partial charge in [0.2, 0.25) is 0 Å². The molecule has 1 N–H and O–H groups in total. The summed E-state index contributed by atoms with van der Waals surface area (Å²) < 4.78 is 5.67. The average molecular weight is 249 g/mol. The molecule has 0 heterocycles. The Kier molecular flexibility index (Phi) is 7.70. The second-order valence-corrected chi connectivity index (χ2v) is 4.72. The highest BCUT2D eigenvalue weighted by Crippen LogP contribution is 2.20. The van der Waals surface area contributed by atoms with E-state index < -0.39 is 0 Å². The van der Waals surface area contributed by atoms with Crippen molar-refractivity contribution in [1.82, 2.24) is 5.32 Å². The van der Waals surface area contributed by atoms with Gasteiger partial charge < -0.3 is 10.1 Å². The van der Waals surface area contributed by atoms with Crippen molar-refractivity contribution in [1.29, 1.82) is 0 Å². The van der Waals surface area contributed by atoms with Crippen molar-refractivity contribution in [3.05, 3.63) is 35.4 Å². The van der Waals surface area contributed by atoms with Crippen LogP contribution in [-0.4, -0.2) is 19.8 Å². The zero-order chi connectivity index (χ0) is 13.2. The van der Waals surface area contributed by atoms with Crippen molar-refractivity contribution >= 4 is 0 Å². The third kappa shape index (κ3) is 5.19. The molecule has 0 saturated heterocycles. The summed E-state index contributed by atoms with van der Waals surface area (Å²) >= 11 is 0. The Morgan fingerprint density at radius 2 is 1.94 bits per heavy atom. The van der Waals surface area contributed by atoms with Gasteiger partial charge in [0, 0.05) is 19.3 Å². The summed E-state index contributed by atoms with van der Waals surface area (Å²) in [6, 6.07) is 9.02. The lowest BCUT2D eigenvalue weighted by Gasteiger charge is -2.20. The fourth-order valence-corrected chi connectivity index (χ4v) is 2.14. The minimum atomic E-state index is 0.415. The van der Waals surface area contributed by atoms with Gasteiger partial charge in [0.05, 0.1) is 0 Å². The van der Waals surface area contributed by atoms with Crippen molar-refractivity contribution in [3.8, 4) is 0 Å². The SMILES string of the molecule is CCCCOCCC(NCC)c1ccccc1C. The first-order chi connectivity index (χ1) is 8.79. The Hall–Kier alpha value is -0.860. The van der Waals surface area contributed by atoms with Crippen molar-refractivity contribution in [2.45, 2.75) is 46.1 Å². The van der Waals surface area contributed by atoms with E-state index in [2.05, 4.69) is 50.4 Å². The van der Waals surface area contributed by atoms with E-state index in [0.717, 1.165) is 32.6 Å². The van der Waals surface area contributed by atoms with Crippen LogP contribution in [0.15, 0.2) is 24.3 Å². The minimum Gasteiger partial charge on any atom is -0.381 e. The molecular formula is C16H27NO. The standard InChI is InChI=1S/C16H27NO/c1-4-6-12-18-13-11-16(17-5-2)15-10-8-7-9-14(15)3/h7-10,16-17H,4-6,11-13H2,1-3H3. The van der Waals surface area contributed by atoms with Crippen LogP contribution in [0.5, 0.6) is 0 Å². The lowest BCUT2D eigenvalue weighted by atomic mass is 9.99. The molecule has 0 amide bonds. The summed E-state index contributed by atoms with van der Waals surface area (Å²) in [6.45, 7) is 9.25. The molecule has 1 unspecified atom stereocenters. The minimum absolute atomic E-state index is 0.415. The quantitative estimate of drug-likeness (QED) is 0.671. The number of rotatable bonds is 9. The van der Waals surface area contributed by atoms with E-state index in [9.17, 15) is 0 Å². The highest BCUT2D eigenvalue weighted by molar-refractivity contribution is 5.28. The first-order valence-electron chi connectivity index (χ1n) is 7.16. The molecule has 0 aliphatic heterocycles. The first kappa shape index (κ1) is 15.2. The van der Waals surface area contributed by atoms with Crippen LogP contribution in [0.3, 0.4) is 0 Å². The monoisotopic (exact) mass is 249 g/mol. The van der Waals surface area contributed by atoms with E-state index in [1.54, 1.807) is 0 Å². The highest BCUT2D eigenvalue weighted by atomic mass is 16.5. The molecule has 2 heteroatoms. The van der Waals surface area contributed by atoms with Gasteiger partial charge in [0.15, 0.2) is 0 Å². The number of ether oxygens (including phenoxy) is 1.